The first kappa shape index (κ1) is 15.7. The molecule has 0 N–H and O–H groups in total. The van der Waals surface area contributed by atoms with E-state index in [-0.39, 0.29) is 5.02 Å². The normalized spacial score (nSPS) is 11.0. The second-order valence-corrected chi connectivity index (χ2v) is 6.29. The molecule has 2 nitrogen and oxygen atoms in total. The Balaban J connectivity index is 1.95. The molecule has 0 aliphatic rings. The highest BCUT2D eigenvalue weighted by Gasteiger charge is 2.12. The topological polar surface area (TPSA) is 25.8 Å². The molecule has 4 aromatic rings. The molecule has 1 heterocycles. The molecule has 0 spiro atoms. The highest BCUT2D eigenvalue weighted by Crippen LogP contribution is 2.36. The molecule has 0 atom stereocenters. The van der Waals surface area contributed by atoms with Crippen LogP contribution in [0.3, 0.4) is 0 Å². The van der Waals surface area contributed by atoms with Gasteiger partial charge >= 0.3 is 0 Å². The predicted octanol–water partition coefficient (Wildman–Crippen LogP) is 6.06. The molecule has 25 heavy (non-hydrogen) atoms. The molecular weight excluding hydrogens is 335 g/mol. The molecule has 0 bridgehead atoms. The molecule has 0 aliphatic carbocycles. The number of rotatable bonds is 2. The zero-order valence-corrected chi connectivity index (χ0v) is 14.3. The fourth-order valence-corrected chi connectivity index (χ4v) is 3.25. The second-order valence-electron chi connectivity index (χ2n) is 5.89. The van der Waals surface area contributed by atoms with Crippen molar-refractivity contribution in [3.05, 3.63) is 83.4 Å². The number of benzene rings is 3. The summed E-state index contributed by atoms with van der Waals surface area (Å²) in [6.07, 6.45) is 3.36. The van der Waals surface area contributed by atoms with Gasteiger partial charge in [0, 0.05) is 12.4 Å². The van der Waals surface area contributed by atoms with Gasteiger partial charge in [0.05, 0.1) is 16.1 Å². The van der Waals surface area contributed by atoms with Crippen LogP contribution in [0.4, 0.5) is 4.39 Å². The van der Waals surface area contributed by atoms with Crippen LogP contribution in [0, 0.1) is 12.7 Å². The zero-order chi connectivity index (χ0) is 17.4. The lowest BCUT2D eigenvalue weighted by molar-refractivity contribution is 0.628. The van der Waals surface area contributed by atoms with Crippen LogP contribution in [0.1, 0.15) is 5.56 Å². The van der Waals surface area contributed by atoms with E-state index in [9.17, 15) is 4.39 Å². The van der Waals surface area contributed by atoms with E-state index in [4.69, 9.17) is 11.6 Å². The molecule has 0 radical (unpaired) electrons. The fraction of sp³-hybridized carbons (Fsp3) is 0.0476. The van der Waals surface area contributed by atoms with E-state index in [2.05, 4.69) is 16.0 Å². The molecule has 0 saturated carbocycles. The lowest BCUT2D eigenvalue weighted by Crippen LogP contribution is -1.91. The largest absolute Gasteiger partial charge is 0.253 e. The first-order valence-corrected chi connectivity index (χ1v) is 8.27. The molecule has 122 valence electrons. The van der Waals surface area contributed by atoms with E-state index in [1.807, 2.05) is 37.3 Å². The van der Waals surface area contributed by atoms with Crippen molar-refractivity contribution in [2.75, 3.05) is 0 Å². The summed E-state index contributed by atoms with van der Waals surface area (Å²) in [5.74, 6) is -0.415. The minimum Gasteiger partial charge on any atom is -0.253 e. The SMILES string of the molecule is Cc1cccc(-c2ccc3nccnc3c2)c1-c1ccc(F)c(Cl)c1. The third kappa shape index (κ3) is 2.87. The number of hydrogen-bond donors (Lipinski definition) is 0. The zero-order valence-electron chi connectivity index (χ0n) is 13.5. The maximum Gasteiger partial charge on any atom is 0.141 e. The summed E-state index contributed by atoms with van der Waals surface area (Å²) in [6, 6.07) is 16.9. The summed E-state index contributed by atoms with van der Waals surface area (Å²) >= 11 is 6.00. The Hall–Kier alpha value is -2.78. The summed E-state index contributed by atoms with van der Waals surface area (Å²) < 4.78 is 13.6. The third-order valence-corrected chi connectivity index (χ3v) is 4.55. The third-order valence-electron chi connectivity index (χ3n) is 4.26. The smallest absolute Gasteiger partial charge is 0.141 e. The van der Waals surface area contributed by atoms with Gasteiger partial charge in [-0.1, -0.05) is 41.9 Å². The van der Waals surface area contributed by atoms with Crippen LogP contribution in [0.15, 0.2) is 67.0 Å². The first-order valence-electron chi connectivity index (χ1n) is 7.89. The van der Waals surface area contributed by atoms with Crippen LogP contribution in [-0.4, -0.2) is 9.97 Å². The van der Waals surface area contributed by atoms with E-state index >= 15 is 0 Å². The quantitative estimate of drug-likeness (QED) is 0.439. The van der Waals surface area contributed by atoms with Crippen LogP contribution < -0.4 is 0 Å². The van der Waals surface area contributed by atoms with Crippen molar-refractivity contribution in [3.8, 4) is 22.3 Å². The average Bonchev–Trinajstić information content (AvgIpc) is 2.63. The van der Waals surface area contributed by atoms with Crippen molar-refractivity contribution in [2.24, 2.45) is 0 Å². The minimum atomic E-state index is -0.415. The highest BCUT2D eigenvalue weighted by molar-refractivity contribution is 6.31. The van der Waals surface area contributed by atoms with Gasteiger partial charge in [-0.2, -0.15) is 0 Å². The van der Waals surface area contributed by atoms with Crippen LogP contribution in [0.2, 0.25) is 5.02 Å². The maximum absolute atomic E-state index is 13.6. The maximum atomic E-state index is 13.6. The minimum absolute atomic E-state index is 0.121. The van der Waals surface area contributed by atoms with Gasteiger partial charge in [-0.15, -0.1) is 0 Å². The number of fused-ring (bicyclic) bond motifs is 1. The number of hydrogen-bond acceptors (Lipinski definition) is 2. The summed E-state index contributed by atoms with van der Waals surface area (Å²) in [7, 11) is 0. The number of halogens is 2. The van der Waals surface area contributed by atoms with Crippen molar-refractivity contribution in [1.29, 1.82) is 0 Å². The summed E-state index contributed by atoms with van der Waals surface area (Å²) in [5.41, 5.74) is 6.79. The summed E-state index contributed by atoms with van der Waals surface area (Å²) in [4.78, 5) is 8.70. The van der Waals surface area contributed by atoms with Gasteiger partial charge in [-0.3, -0.25) is 9.97 Å². The molecule has 3 aromatic carbocycles. The summed E-state index contributed by atoms with van der Waals surface area (Å²) in [6.45, 7) is 2.04. The molecule has 1 aromatic heterocycles. The Labute approximate surface area is 150 Å². The van der Waals surface area contributed by atoms with Crippen LogP contribution in [-0.2, 0) is 0 Å². The van der Waals surface area contributed by atoms with Crippen molar-refractivity contribution in [1.82, 2.24) is 9.97 Å². The van der Waals surface area contributed by atoms with E-state index in [0.29, 0.717) is 0 Å². The Kier molecular flexibility index (Phi) is 3.94. The molecule has 0 unspecified atom stereocenters. The second kappa shape index (κ2) is 6.26. The molecule has 0 saturated heterocycles. The average molecular weight is 349 g/mol. The molecular formula is C21H14ClFN2. The molecule has 0 amide bonds. The van der Waals surface area contributed by atoms with Crippen molar-refractivity contribution >= 4 is 22.6 Å². The van der Waals surface area contributed by atoms with E-state index in [0.717, 1.165) is 38.9 Å². The van der Waals surface area contributed by atoms with E-state index in [1.165, 1.54) is 6.07 Å². The Morgan fingerprint density at radius 3 is 2.40 bits per heavy atom. The van der Waals surface area contributed by atoms with Crippen molar-refractivity contribution < 1.29 is 4.39 Å². The van der Waals surface area contributed by atoms with Gasteiger partial charge in [0.2, 0.25) is 0 Å². The predicted molar refractivity (Wildman–Crippen MR) is 100 cm³/mol. The fourth-order valence-electron chi connectivity index (χ4n) is 3.07. The lowest BCUT2D eigenvalue weighted by atomic mass is 9.91. The number of aryl methyl sites for hydroxylation is 1. The number of aromatic nitrogens is 2. The summed E-state index contributed by atoms with van der Waals surface area (Å²) in [5, 5.41) is 0.121. The monoisotopic (exact) mass is 348 g/mol. The first-order chi connectivity index (χ1) is 12.1. The van der Waals surface area contributed by atoms with Gasteiger partial charge in [0.25, 0.3) is 0 Å². The number of nitrogens with zero attached hydrogens (tertiary/aromatic N) is 2. The van der Waals surface area contributed by atoms with Gasteiger partial charge in [0.15, 0.2) is 0 Å². The van der Waals surface area contributed by atoms with Crippen molar-refractivity contribution in [3.63, 3.8) is 0 Å². The van der Waals surface area contributed by atoms with Gasteiger partial charge in [-0.25, -0.2) is 4.39 Å². The van der Waals surface area contributed by atoms with Crippen molar-refractivity contribution in [2.45, 2.75) is 6.92 Å². The Morgan fingerprint density at radius 2 is 1.60 bits per heavy atom. The lowest BCUT2D eigenvalue weighted by Gasteiger charge is -2.14. The Bertz CT molecular complexity index is 1090. The molecule has 0 aliphatic heterocycles. The molecule has 4 rings (SSSR count). The standard InChI is InChI=1S/C21H14ClFN2/c1-13-3-2-4-16(21(13)15-5-7-18(23)17(22)11-15)14-6-8-19-20(12-14)25-10-9-24-19/h2-12H,1H3. The Morgan fingerprint density at radius 1 is 0.840 bits per heavy atom. The van der Waals surface area contributed by atoms with E-state index in [1.54, 1.807) is 24.5 Å². The van der Waals surface area contributed by atoms with Gasteiger partial charge in [-0.05, 0) is 59.0 Å². The van der Waals surface area contributed by atoms with Crippen LogP contribution >= 0.6 is 11.6 Å². The molecule has 4 heteroatoms. The van der Waals surface area contributed by atoms with Gasteiger partial charge in [0.1, 0.15) is 5.82 Å². The van der Waals surface area contributed by atoms with Gasteiger partial charge < -0.3 is 0 Å². The molecule has 0 fully saturated rings. The van der Waals surface area contributed by atoms with Crippen LogP contribution in [0.5, 0.6) is 0 Å². The van der Waals surface area contributed by atoms with Crippen LogP contribution in [0.25, 0.3) is 33.3 Å². The highest BCUT2D eigenvalue weighted by atomic mass is 35.5. The van der Waals surface area contributed by atoms with E-state index < -0.39 is 5.82 Å².